The van der Waals surface area contributed by atoms with Crippen molar-refractivity contribution in [2.45, 2.75) is 32.0 Å². The van der Waals surface area contributed by atoms with Crippen LogP contribution in [0.15, 0.2) is 48.5 Å². The van der Waals surface area contributed by atoms with Crippen LogP contribution in [0.3, 0.4) is 0 Å². The van der Waals surface area contributed by atoms with E-state index in [1.54, 1.807) is 24.3 Å². The summed E-state index contributed by atoms with van der Waals surface area (Å²) in [6, 6.07) is 15.1. The third kappa shape index (κ3) is 4.76. The van der Waals surface area contributed by atoms with Gasteiger partial charge in [0.15, 0.2) is 6.10 Å². The van der Waals surface area contributed by atoms with Crippen LogP contribution in [-0.4, -0.2) is 51.2 Å². The van der Waals surface area contributed by atoms with Crippen molar-refractivity contribution in [2.24, 2.45) is 0 Å². The maximum Gasteiger partial charge on any atom is 0.263 e. The Morgan fingerprint density at radius 1 is 1.07 bits per heavy atom. The lowest BCUT2D eigenvalue weighted by atomic mass is 10.1. The van der Waals surface area contributed by atoms with Crippen molar-refractivity contribution >= 4 is 21.6 Å². The van der Waals surface area contributed by atoms with Crippen molar-refractivity contribution in [3.05, 3.63) is 59.7 Å². The summed E-state index contributed by atoms with van der Waals surface area (Å²) in [7, 11) is -3.52. The van der Waals surface area contributed by atoms with Crippen LogP contribution in [0.1, 0.15) is 24.0 Å². The lowest BCUT2D eigenvalue weighted by Crippen LogP contribution is -2.50. The molecule has 0 unspecified atom stereocenters. The van der Waals surface area contributed by atoms with Crippen LogP contribution in [-0.2, 0) is 27.9 Å². The van der Waals surface area contributed by atoms with E-state index in [0.717, 1.165) is 31.5 Å². The van der Waals surface area contributed by atoms with Crippen molar-refractivity contribution in [3.8, 4) is 5.75 Å². The molecule has 0 radical (unpaired) electrons. The molecule has 0 saturated carbocycles. The average molecular weight is 430 g/mol. The van der Waals surface area contributed by atoms with Crippen LogP contribution in [0.4, 0.5) is 5.69 Å². The van der Waals surface area contributed by atoms with E-state index in [2.05, 4.69) is 22.3 Å². The van der Waals surface area contributed by atoms with Gasteiger partial charge < -0.3 is 10.1 Å². The van der Waals surface area contributed by atoms with Gasteiger partial charge in [-0.15, -0.1) is 0 Å². The lowest BCUT2D eigenvalue weighted by molar-refractivity contribution is -0.127. The number of hydrogen-bond acceptors (Lipinski definition) is 5. The Kier molecular flexibility index (Phi) is 5.97. The van der Waals surface area contributed by atoms with Crippen molar-refractivity contribution in [2.75, 3.05) is 30.2 Å². The summed E-state index contributed by atoms with van der Waals surface area (Å²) < 4.78 is 31.4. The van der Waals surface area contributed by atoms with Crippen molar-refractivity contribution in [1.29, 1.82) is 0 Å². The summed E-state index contributed by atoms with van der Waals surface area (Å²) in [6.07, 6.45) is 2.78. The molecule has 2 aliphatic heterocycles. The average Bonchev–Trinajstić information content (AvgIpc) is 3.24. The van der Waals surface area contributed by atoms with Crippen LogP contribution >= 0.6 is 0 Å². The number of sulfonamides is 1. The first-order chi connectivity index (χ1) is 14.4. The van der Waals surface area contributed by atoms with E-state index in [-0.39, 0.29) is 12.5 Å². The highest BCUT2D eigenvalue weighted by molar-refractivity contribution is 7.92. The molecule has 0 bridgehead atoms. The number of carbonyl (C=O) groups excluding carboxylic acids is 1. The Bertz CT molecular complexity index is 1000. The number of carbonyl (C=O) groups is 1. The Morgan fingerprint density at radius 2 is 1.73 bits per heavy atom. The second kappa shape index (κ2) is 8.65. The first-order valence-electron chi connectivity index (χ1n) is 10.2. The van der Waals surface area contributed by atoms with Crippen LogP contribution in [0, 0.1) is 0 Å². The lowest BCUT2D eigenvalue weighted by Gasteiger charge is -2.33. The highest BCUT2D eigenvalue weighted by Crippen LogP contribution is 2.34. The molecule has 1 fully saturated rings. The second-order valence-corrected chi connectivity index (χ2v) is 9.79. The smallest absolute Gasteiger partial charge is 0.263 e. The van der Waals surface area contributed by atoms with Gasteiger partial charge in [-0.25, -0.2) is 8.42 Å². The first kappa shape index (κ1) is 20.7. The van der Waals surface area contributed by atoms with E-state index < -0.39 is 16.1 Å². The molecule has 8 heteroatoms. The SMILES string of the molecule is CS(=O)(=O)N1C[C@H](C(=O)NCc2ccc(CN3CCCC3)cc2)Oc2ccccc21. The van der Waals surface area contributed by atoms with E-state index in [9.17, 15) is 13.2 Å². The third-order valence-corrected chi connectivity index (χ3v) is 6.67. The number of nitrogens with zero attached hydrogens (tertiary/aromatic N) is 2. The quantitative estimate of drug-likeness (QED) is 0.761. The topological polar surface area (TPSA) is 79.0 Å². The van der Waals surface area contributed by atoms with Gasteiger partial charge >= 0.3 is 0 Å². The highest BCUT2D eigenvalue weighted by atomic mass is 32.2. The van der Waals surface area contributed by atoms with Crippen LogP contribution in [0.5, 0.6) is 5.75 Å². The van der Waals surface area contributed by atoms with Gasteiger partial charge in [-0.05, 0) is 49.2 Å². The van der Waals surface area contributed by atoms with E-state index in [1.807, 2.05) is 12.1 Å². The molecule has 0 spiro atoms. The monoisotopic (exact) mass is 429 g/mol. The van der Waals surface area contributed by atoms with Crippen LogP contribution in [0.2, 0.25) is 0 Å². The summed E-state index contributed by atoms with van der Waals surface area (Å²) in [5, 5.41) is 2.87. The molecule has 7 nitrogen and oxygen atoms in total. The number of nitrogens with one attached hydrogen (secondary N) is 1. The Labute approximate surface area is 177 Å². The zero-order chi connectivity index (χ0) is 21.1. The number of benzene rings is 2. The molecule has 2 aliphatic rings. The summed E-state index contributed by atoms with van der Waals surface area (Å²) in [4.78, 5) is 15.1. The second-order valence-electron chi connectivity index (χ2n) is 7.89. The van der Waals surface area contributed by atoms with Crippen molar-refractivity contribution in [3.63, 3.8) is 0 Å². The fourth-order valence-electron chi connectivity index (χ4n) is 3.92. The Morgan fingerprint density at radius 3 is 2.43 bits per heavy atom. The van der Waals surface area contributed by atoms with Crippen LogP contribution < -0.4 is 14.4 Å². The fraction of sp³-hybridized carbons (Fsp3) is 0.409. The van der Waals surface area contributed by atoms with Gasteiger partial charge in [-0.3, -0.25) is 14.0 Å². The number of para-hydroxylation sites is 2. The summed E-state index contributed by atoms with van der Waals surface area (Å²) in [5.41, 5.74) is 2.71. The van der Waals surface area contributed by atoms with Gasteiger partial charge in [0.1, 0.15) is 5.75 Å². The zero-order valence-corrected chi connectivity index (χ0v) is 17.9. The van der Waals surface area contributed by atoms with E-state index in [4.69, 9.17) is 4.74 Å². The number of fused-ring (bicyclic) bond motifs is 1. The van der Waals surface area contributed by atoms with Crippen molar-refractivity contribution < 1.29 is 17.9 Å². The van der Waals surface area contributed by atoms with Gasteiger partial charge in [-0.1, -0.05) is 36.4 Å². The fourth-order valence-corrected chi connectivity index (χ4v) is 4.83. The molecule has 0 aliphatic carbocycles. The Hall–Kier alpha value is -2.58. The number of likely N-dealkylation sites (tertiary alicyclic amines) is 1. The molecular formula is C22H27N3O4S. The van der Waals surface area contributed by atoms with E-state index >= 15 is 0 Å². The molecule has 2 heterocycles. The molecule has 0 aromatic heterocycles. The van der Waals surface area contributed by atoms with Gasteiger partial charge in [0, 0.05) is 13.1 Å². The van der Waals surface area contributed by atoms with Gasteiger partial charge in [0.25, 0.3) is 5.91 Å². The minimum atomic E-state index is -3.52. The number of rotatable bonds is 6. The number of amides is 1. The highest BCUT2D eigenvalue weighted by Gasteiger charge is 2.34. The number of hydrogen-bond donors (Lipinski definition) is 1. The molecule has 30 heavy (non-hydrogen) atoms. The van der Waals surface area contributed by atoms with Gasteiger partial charge in [0.05, 0.1) is 18.5 Å². The zero-order valence-electron chi connectivity index (χ0n) is 17.1. The molecule has 2 aromatic carbocycles. The molecule has 1 atom stereocenters. The standard InChI is InChI=1S/C22H27N3O4S/c1-30(27,28)25-16-21(29-20-7-3-2-6-19(20)25)22(26)23-14-17-8-10-18(11-9-17)15-24-12-4-5-13-24/h2-3,6-11,21H,4-5,12-16H2,1H3,(H,23,26)/t21-/m1/s1. The van der Waals surface area contributed by atoms with Crippen LogP contribution in [0.25, 0.3) is 0 Å². The van der Waals surface area contributed by atoms with E-state index in [1.165, 1.54) is 22.7 Å². The van der Waals surface area contributed by atoms with Gasteiger partial charge in [-0.2, -0.15) is 0 Å². The summed E-state index contributed by atoms with van der Waals surface area (Å²) in [6.45, 7) is 3.60. The predicted octanol–water partition coefficient (Wildman–Crippen LogP) is 2.13. The normalized spacial score (nSPS) is 19.2. The minimum Gasteiger partial charge on any atom is -0.476 e. The molecule has 160 valence electrons. The maximum absolute atomic E-state index is 12.7. The molecule has 4 rings (SSSR count). The molecular weight excluding hydrogens is 402 g/mol. The maximum atomic E-state index is 12.7. The minimum absolute atomic E-state index is 0.0452. The molecule has 1 amide bonds. The largest absolute Gasteiger partial charge is 0.476 e. The van der Waals surface area contributed by atoms with Gasteiger partial charge in [0.2, 0.25) is 10.0 Å². The number of ether oxygens (including phenoxy) is 1. The summed E-state index contributed by atoms with van der Waals surface area (Å²) >= 11 is 0. The molecule has 2 aromatic rings. The Balaban J connectivity index is 1.37. The third-order valence-electron chi connectivity index (χ3n) is 5.52. The summed E-state index contributed by atoms with van der Waals surface area (Å²) in [5.74, 6) is 0.0555. The molecule has 1 N–H and O–H groups in total. The van der Waals surface area contributed by atoms with Crippen molar-refractivity contribution in [1.82, 2.24) is 10.2 Å². The first-order valence-corrected chi connectivity index (χ1v) is 12.1. The van der Waals surface area contributed by atoms with E-state index in [0.29, 0.717) is 18.0 Å². The predicted molar refractivity (Wildman–Crippen MR) is 116 cm³/mol. The number of anilines is 1. The molecule has 1 saturated heterocycles.